The number of nitrogens with zero attached hydrogens (tertiary/aromatic N) is 2. The van der Waals surface area contributed by atoms with Gasteiger partial charge in [-0.05, 0) is 56.3 Å². The number of hydrogen-bond donors (Lipinski definition) is 0. The third kappa shape index (κ3) is 5.29. The maximum atomic E-state index is 13.2. The number of halogens is 1. The zero-order valence-corrected chi connectivity index (χ0v) is 14.4. The van der Waals surface area contributed by atoms with Gasteiger partial charge in [0.05, 0.1) is 6.21 Å². The third-order valence-corrected chi connectivity index (χ3v) is 4.19. The summed E-state index contributed by atoms with van der Waals surface area (Å²) in [4.78, 5) is 7.86. The summed E-state index contributed by atoms with van der Waals surface area (Å²) in [7, 11) is 2.09. The Morgan fingerprint density at radius 3 is 2.96 bits per heavy atom. The summed E-state index contributed by atoms with van der Waals surface area (Å²) >= 11 is 0. The van der Waals surface area contributed by atoms with Gasteiger partial charge < -0.3 is 14.5 Å². The summed E-state index contributed by atoms with van der Waals surface area (Å²) in [6.45, 7) is 2.31. The molecule has 0 bridgehead atoms. The molecule has 0 N–H and O–H groups in total. The first-order valence-electron chi connectivity index (χ1n) is 8.55. The number of para-hydroxylation sites is 1. The maximum absolute atomic E-state index is 13.2. The molecule has 1 saturated heterocycles. The van der Waals surface area contributed by atoms with E-state index in [-0.39, 0.29) is 11.9 Å². The predicted octanol–water partition coefficient (Wildman–Crippen LogP) is 3.85. The minimum absolute atomic E-state index is 0.135. The van der Waals surface area contributed by atoms with E-state index in [0.717, 1.165) is 37.1 Å². The molecule has 1 atom stereocenters. The lowest BCUT2D eigenvalue weighted by molar-refractivity contribution is 0.0107. The van der Waals surface area contributed by atoms with E-state index in [9.17, 15) is 4.39 Å². The first-order valence-corrected chi connectivity index (χ1v) is 8.55. The Balaban J connectivity index is 1.59. The number of likely N-dealkylation sites (N-methyl/N-ethyl adjacent to an activating group) is 1. The number of ether oxygens (including phenoxy) is 1. The average Bonchev–Trinajstić information content (AvgIpc) is 2.61. The number of rotatable bonds is 6. The highest BCUT2D eigenvalue weighted by Crippen LogP contribution is 2.18. The SMILES string of the molecule is CN1CCCC(ON=Cc2ccccc2OCc2cccc(F)c2)C1. The summed E-state index contributed by atoms with van der Waals surface area (Å²) in [6.07, 6.45) is 3.97. The molecule has 1 unspecified atom stereocenters. The molecule has 3 rings (SSSR count). The molecular weight excluding hydrogens is 319 g/mol. The van der Waals surface area contributed by atoms with Gasteiger partial charge in [0.15, 0.2) is 0 Å². The normalized spacial score (nSPS) is 18.4. The number of likely N-dealkylation sites (tertiary alicyclic amines) is 1. The Hall–Kier alpha value is -2.40. The molecule has 132 valence electrons. The van der Waals surface area contributed by atoms with Crippen LogP contribution in [0.2, 0.25) is 0 Å². The standard InChI is InChI=1S/C20H23FN2O2/c1-23-11-5-9-19(14-23)25-22-13-17-7-2-3-10-20(17)24-15-16-6-4-8-18(21)12-16/h2-4,6-8,10,12-13,19H,5,9,11,14-15H2,1H3. The van der Waals surface area contributed by atoms with E-state index < -0.39 is 0 Å². The highest BCUT2D eigenvalue weighted by molar-refractivity contribution is 5.83. The van der Waals surface area contributed by atoms with Crippen molar-refractivity contribution in [3.05, 3.63) is 65.5 Å². The van der Waals surface area contributed by atoms with Crippen LogP contribution in [0.4, 0.5) is 4.39 Å². The van der Waals surface area contributed by atoms with Gasteiger partial charge in [0, 0.05) is 12.1 Å². The second kappa shape index (κ2) is 8.62. The zero-order chi connectivity index (χ0) is 17.5. The van der Waals surface area contributed by atoms with Crippen LogP contribution in [0.25, 0.3) is 0 Å². The van der Waals surface area contributed by atoms with Crippen molar-refractivity contribution in [2.45, 2.75) is 25.6 Å². The molecule has 0 aliphatic carbocycles. The largest absolute Gasteiger partial charge is 0.488 e. The molecule has 2 aromatic rings. The van der Waals surface area contributed by atoms with Crippen LogP contribution >= 0.6 is 0 Å². The Labute approximate surface area is 147 Å². The van der Waals surface area contributed by atoms with Gasteiger partial charge in [-0.25, -0.2) is 4.39 Å². The molecule has 0 aromatic heterocycles. The second-order valence-corrected chi connectivity index (χ2v) is 6.32. The topological polar surface area (TPSA) is 34.1 Å². The number of piperidine rings is 1. The van der Waals surface area contributed by atoms with Crippen molar-refractivity contribution < 1.29 is 14.0 Å². The van der Waals surface area contributed by atoms with Gasteiger partial charge in [0.25, 0.3) is 0 Å². The van der Waals surface area contributed by atoms with Gasteiger partial charge in [-0.15, -0.1) is 0 Å². The fourth-order valence-corrected chi connectivity index (χ4v) is 2.88. The minimum Gasteiger partial charge on any atom is -0.488 e. The summed E-state index contributed by atoms with van der Waals surface area (Å²) in [5.74, 6) is 0.432. The molecule has 1 aliphatic heterocycles. The van der Waals surface area contributed by atoms with Crippen LogP contribution < -0.4 is 4.74 Å². The van der Waals surface area contributed by atoms with E-state index in [4.69, 9.17) is 9.57 Å². The van der Waals surface area contributed by atoms with Crippen LogP contribution in [0.1, 0.15) is 24.0 Å². The van der Waals surface area contributed by atoms with Gasteiger partial charge in [0.1, 0.15) is 24.3 Å². The molecule has 2 aromatic carbocycles. The quantitative estimate of drug-likeness (QED) is 0.591. The molecule has 5 heteroatoms. The highest BCUT2D eigenvalue weighted by Gasteiger charge is 2.18. The molecule has 0 spiro atoms. The number of hydrogen-bond acceptors (Lipinski definition) is 4. The monoisotopic (exact) mass is 342 g/mol. The Morgan fingerprint density at radius 2 is 2.12 bits per heavy atom. The van der Waals surface area contributed by atoms with Gasteiger partial charge in [-0.3, -0.25) is 0 Å². The molecule has 1 heterocycles. The molecule has 1 aliphatic rings. The molecule has 25 heavy (non-hydrogen) atoms. The molecule has 1 fully saturated rings. The fourth-order valence-electron chi connectivity index (χ4n) is 2.88. The molecule has 0 radical (unpaired) electrons. The summed E-state index contributed by atoms with van der Waals surface area (Å²) in [5.41, 5.74) is 1.62. The molecule has 0 amide bonds. The predicted molar refractivity (Wildman–Crippen MR) is 96.4 cm³/mol. The van der Waals surface area contributed by atoms with E-state index in [0.29, 0.717) is 12.4 Å². The van der Waals surface area contributed by atoms with Crippen molar-refractivity contribution in [2.75, 3.05) is 20.1 Å². The van der Waals surface area contributed by atoms with Crippen molar-refractivity contribution in [1.82, 2.24) is 4.90 Å². The lowest BCUT2D eigenvalue weighted by Gasteiger charge is -2.27. The third-order valence-electron chi connectivity index (χ3n) is 4.19. The van der Waals surface area contributed by atoms with Gasteiger partial charge >= 0.3 is 0 Å². The fraction of sp³-hybridized carbons (Fsp3) is 0.350. The maximum Gasteiger partial charge on any atom is 0.140 e. The van der Waals surface area contributed by atoms with E-state index in [1.54, 1.807) is 12.3 Å². The van der Waals surface area contributed by atoms with Crippen molar-refractivity contribution in [3.63, 3.8) is 0 Å². The highest BCUT2D eigenvalue weighted by atomic mass is 19.1. The van der Waals surface area contributed by atoms with E-state index in [1.165, 1.54) is 12.1 Å². The lowest BCUT2D eigenvalue weighted by atomic mass is 10.1. The van der Waals surface area contributed by atoms with Gasteiger partial charge in [-0.1, -0.05) is 29.4 Å². The van der Waals surface area contributed by atoms with Crippen LogP contribution in [-0.4, -0.2) is 37.4 Å². The summed E-state index contributed by atoms with van der Waals surface area (Å²) in [5, 5.41) is 4.14. The smallest absolute Gasteiger partial charge is 0.140 e. The second-order valence-electron chi connectivity index (χ2n) is 6.32. The summed E-state index contributed by atoms with van der Waals surface area (Å²) in [6, 6.07) is 14.0. The Kier molecular flexibility index (Phi) is 6.01. The first-order chi connectivity index (χ1) is 12.2. The van der Waals surface area contributed by atoms with Crippen LogP contribution in [0.3, 0.4) is 0 Å². The van der Waals surface area contributed by atoms with Crippen molar-refractivity contribution in [1.29, 1.82) is 0 Å². The van der Waals surface area contributed by atoms with E-state index >= 15 is 0 Å². The molecule has 0 saturated carbocycles. The Morgan fingerprint density at radius 1 is 1.24 bits per heavy atom. The number of oxime groups is 1. The van der Waals surface area contributed by atoms with Crippen LogP contribution in [-0.2, 0) is 11.4 Å². The summed E-state index contributed by atoms with van der Waals surface area (Å²) < 4.78 is 19.1. The van der Waals surface area contributed by atoms with Crippen LogP contribution in [0.15, 0.2) is 53.7 Å². The van der Waals surface area contributed by atoms with Crippen LogP contribution in [0.5, 0.6) is 5.75 Å². The van der Waals surface area contributed by atoms with Crippen molar-refractivity contribution in [3.8, 4) is 5.75 Å². The Bertz CT molecular complexity index is 720. The zero-order valence-electron chi connectivity index (χ0n) is 14.4. The number of benzene rings is 2. The van der Waals surface area contributed by atoms with Crippen molar-refractivity contribution in [2.24, 2.45) is 5.16 Å². The average molecular weight is 342 g/mol. The van der Waals surface area contributed by atoms with Gasteiger partial charge in [-0.2, -0.15) is 0 Å². The molecule has 4 nitrogen and oxygen atoms in total. The van der Waals surface area contributed by atoms with Crippen LogP contribution in [0, 0.1) is 5.82 Å². The lowest BCUT2D eigenvalue weighted by Crippen LogP contribution is -2.36. The first kappa shape index (κ1) is 17.4. The van der Waals surface area contributed by atoms with Gasteiger partial charge in [0.2, 0.25) is 0 Å². The van der Waals surface area contributed by atoms with Crippen molar-refractivity contribution >= 4 is 6.21 Å². The van der Waals surface area contributed by atoms with E-state index in [2.05, 4.69) is 17.1 Å². The minimum atomic E-state index is -0.262. The molecular formula is C20H23FN2O2. The van der Waals surface area contributed by atoms with E-state index in [1.807, 2.05) is 30.3 Å².